The Bertz CT molecular complexity index is 177. The fourth-order valence-corrected chi connectivity index (χ4v) is 2.62. The Kier molecular flexibility index (Phi) is 15.5. The van der Waals surface area contributed by atoms with Gasteiger partial charge in [0, 0.05) is 6.61 Å². The fourth-order valence-electron chi connectivity index (χ4n) is 2.62. The van der Waals surface area contributed by atoms with Gasteiger partial charge < -0.3 is 5.11 Å². The van der Waals surface area contributed by atoms with Crippen molar-refractivity contribution in [1.29, 1.82) is 0 Å². The molecule has 0 heterocycles. The molecular weight excluding hydrogens is 232 g/mol. The maximum atomic E-state index is 9.17. The number of aliphatic hydroxyl groups is 1. The Labute approximate surface area is 121 Å². The van der Waals surface area contributed by atoms with Gasteiger partial charge in [0.05, 0.1) is 0 Å². The van der Waals surface area contributed by atoms with Crippen LogP contribution in [-0.2, 0) is 0 Å². The number of allylic oxidation sites excluding steroid dienone is 1. The molecule has 0 saturated carbocycles. The van der Waals surface area contributed by atoms with E-state index in [1.165, 1.54) is 77.0 Å². The lowest BCUT2D eigenvalue weighted by Crippen LogP contribution is -2.04. The van der Waals surface area contributed by atoms with Crippen molar-refractivity contribution in [2.24, 2.45) is 5.92 Å². The van der Waals surface area contributed by atoms with Crippen molar-refractivity contribution in [1.82, 2.24) is 0 Å². The molecule has 1 unspecified atom stereocenters. The third-order valence-corrected chi connectivity index (χ3v) is 3.97. The minimum atomic E-state index is 0.323. The van der Waals surface area contributed by atoms with Crippen LogP contribution in [0, 0.1) is 5.92 Å². The Hall–Kier alpha value is -0.300. The lowest BCUT2D eigenvalue weighted by Gasteiger charge is -2.11. The Morgan fingerprint density at radius 3 is 1.74 bits per heavy atom. The highest BCUT2D eigenvalue weighted by Gasteiger charge is 2.04. The smallest absolute Gasteiger partial charge is 0.0462 e. The predicted molar refractivity (Wildman–Crippen MR) is 86.5 cm³/mol. The fraction of sp³-hybridized carbons (Fsp3) is 0.889. The van der Waals surface area contributed by atoms with E-state index in [1.54, 1.807) is 0 Å². The van der Waals surface area contributed by atoms with Gasteiger partial charge >= 0.3 is 0 Å². The van der Waals surface area contributed by atoms with Gasteiger partial charge in [0.1, 0.15) is 0 Å². The van der Waals surface area contributed by atoms with Gasteiger partial charge in [0.15, 0.2) is 0 Å². The normalized spacial score (nSPS) is 12.5. The first kappa shape index (κ1) is 18.7. The zero-order chi connectivity index (χ0) is 14.2. The zero-order valence-corrected chi connectivity index (χ0v) is 13.2. The first-order chi connectivity index (χ1) is 9.35. The number of aliphatic hydroxyl groups excluding tert-OH is 1. The molecule has 1 atom stereocenters. The van der Waals surface area contributed by atoms with Crippen LogP contribution in [0.2, 0.25) is 0 Å². The second-order valence-corrected chi connectivity index (χ2v) is 5.90. The van der Waals surface area contributed by atoms with Crippen molar-refractivity contribution >= 4 is 0 Å². The standard InChI is InChI=1S/C18H36O/c1-3-5-6-7-8-9-10-11-12-13-14-16-18(17-19)15-4-2/h4,18-19H,2-3,5-17H2,1H3. The molecule has 0 radical (unpaired) electrons. The molecule has 0 saturated heterocycles. The maximum absolute atomic E-state index is 9.17. The summed E-state index contributed by atoms with van der Waals surface area (Å²) in [6.45, 7) is 6.34. The molecule has 114 valence electrons. The van der Waals surface area contributed by atoms with Crippen LogP contribution in [0.25, 0.3) is 0 Å². The monoisotopic (exact) mass is 268 g/mol. The van der Waals surface area contributed by atoms with Crippen LogP contribution in [0.3, 0.4) is 0 Å². The summed E-state index contributed by atoms with van der Waals surface area (Å²) in [5.74, 6) is 0.455. The molecule has 0 aliphatic heterocycles. The summed E-state index contributed by atoms with van der Waals surface area (Å²) < 4.78 is 0. The van der Waals surface area contributed by atoms with Crippen LogP contribution in [0.5, 0.6) is 0 Å². The summed E-state index contributed by atoms with van der Waals surface area (Å²) in [4.78, 5) is 0. The lowest BCUT2D eigenvalue weighted by atomic mass is 9.98. The van der Waals surface area contributed by atoms with Crippen LogP contribution < -0.4 is 0 Å². The average molecular weight is 268 g/mol. The number of rotatable bonds is 15. The summed E-state index contributed by atoms with van der Waals surface area (Å²) in [5.41, 5.74) is 0. The Morgan fingerprint density at radius 1 is 0.842 bits per heavy atom. The van der Waals surface area contributed by atoms with Crippen molar-refractivity contribution in [2.45, 2.75) is 90.4 Å². The number of unbranched alkanes of at least 4 members (excludes halogenated alkanes) is 10. The van der Waals surface area contributed by atoms with E-state index in [2.05, 4.69) is 13.5 Å². The van der Waals surface area contributed by atoms with Crippen molar-refractivity contribution in [2.75, 3.05) is 6.61 Å². The molecule has 0 aliphatic rings. The van der Waals surface area contributed by atoms with Gasteiger partial charge in [-0.15, -0.1) is 6.58 Å². The molecule has 1 nitrogen and oxygen atoms in total. The van der Waals surface area contributed by atoms with Crippen molar-refractivity contribution in [3.8, 4) is 0 Å². The highest BCUT2D eigenvalue weighted by Crippen LogP contribution is 2.16. The molecule has 0 rings (SSSR count). The molecule has 0 aromatic heterocycles. The van der Waals surface area contributed by atoms with Crippen LogP contribution in [0.4, 0.5) is 0 Å². The van der Waals surface area contributed by atoms with E-state index in [4.69, 9.17) is 0 Å². The molecule has 0 aromatic rings. The zero-order valence-electron chi connectivity index (χ0n) is 13.2. The van der Waals surface area contributed by atoms with Gasteiger partial charge in [0.2, 0.25) is 0 Å². The first-order valence-electron chi connectivity index (χ1n) is 8.56. The van der Waals surface area contributed by atoms with Crippen molar-refractivity contribution in [3.63, 3.8) is 0 Å². The summed E-state index contributed by atoms with van der Waals surface area (Å²) in [7, 11) is 0. The second-order valence-electron chi connectivity index (χ2n) is 5.90. The summed E-state index contributed by atoms with van der Waals surface area (Å²) in [5, 5.41) is 9.17. The third-order valence-electron chi connectivity index (χ3n) is 3.97. The SMILES string of the molecule is C=CCC(CO)CCCCCCCCCCCCC. The van der Waals surface area contributed by atoms with Crippen LogP contribution in [-0.4, -0.2) is 11.7 Å². The minimum Gasteiger partial charge on any atom is -0.396 e. The van der Waals surface area contributed by atoms with Gasteiger partial charge in [-0.2, -0.15) is 0 Å². The van der Waals surface area contributed by atoms with E-state index >= 15 is 0 Å². The van der Waals surface area contributed by atoms with Gasteiger partial charge in [0.25, 0.3) is 0 Å². The van der Waals surface area contributed by atoms with E-state index in [0.717, 1.165) is 6.42 Å². The van der Waals surface area contributed by atoms with E-state index in [1.807, 2.05) is 6.08 Å². The lowest BCUT2D eigenvalue weighted by molar-refractivity contribution is 0.216. The summed E-state index contributed by atoms with van der Waals surface area (Å²) in [6.07, 6.45) is 19.4. The summed E-state index contributed by atoms with van der Waals surface area (Å²) in [6, 6.07) is 0. The molecule has 19 heavy (non-hydrogen) atoms. The molecule has 0 aromatic carbocycles. The number of hydrogen-bond acceptors (Lipinski definition) is 1. The molecule has 0 amide bonds. The highest BCUT2D eigenvalue weighted by atomic mass is 16.3. The van der Waals surface area contributed by atoms with Gasteiger partial charge in [-0.1, -0.05) is 83.6 Å². The molecular formula is C18H36O. The van der Waals surface area contributed by atoms with E-state index in [9.17, 15) is 5.11 Å². The third kappa shape index (κ3) is 13.9. The van der Waals surface area contributed by atoms with Gasteiger partial charge in [-0.05, 0) is 18.8 Å². The van der Waals surface area contributed by atoms with Crippen LogP contribution in [0.1, 0.15) is 90.4 Å². The maximum Gasteiger partial charge on any atom is 0.0462 e. The average Bonchev–Trinajstić information content (AvgIpc) is 2.43. The largest absolute Gasteiger partial charge is 0.396 e. The quantitative estimate of drug-likeness (QED) is 0.291. The van der Waals surface area contributed by atoms with E-state index < -0.39 is 0 Å². The molecule has 0 fully saturated rings. The second kappa shape index (κ2) is 15.8. The van der Waals surface area contributed by atoms with Gasteiger partial charge in [-0.25, -0.2) is 0 Å². The van der Waals surface area contributed by atoms with E-state index in [-0.39, 0.29) is 0 Å². The first-order valence-corrected chi connectivity index (χ1v) is 8.56. The Morgan fingerprint density at radius 2 is 1.32 bits per heavy atom. The molecule has 0 bridgehead atoms. The van der Waals surface area contributed by atoms with E-state index in [0.29, 0.717) is 12.5 Å². The highest BCUT2D eigenvalue weighted by molar-refractivity contribution is 4.72. The molecule has 0 aliphatic carbocycles. The van der Waals surface area contributed by atoms with Gasteiger partial charge in [-0.3, -0.25) is 0 Å². The summed E-state index contributed by atoms with van der Waals surface area (Å²) >= 11 is 0. The molecule has 0 spiro atoms. The number of hydrogen-bond donors (Lipinski definition) is 1. The minimum absolute atomic E-state index is 0.323. The predicted octanol–water partition coefficient (Wildman–Crippen LogP) is 5.87. The van der Waals surface area contributed by atoms with Crippen molar-refractivity contribution in [3.05, 3.63) is 12.7 Å². The van der Waals surface area contributed by atoms with Crippen LogP contribution >= 0.6 is 0 Å². The molecule has 1 heteroatoms. The van der Waals surface area contributed by atoms with Crippen LogP contribution in [0.15, 0.2) is 12.7 Å². The Balaban J connectivity index is 3.11. The topological polar surface area (TPSA) is 20.2 Å². The molecule has 1 N–H and O–H groups in total. The van der Waals surface area contributed by atoms with Crippen molar-refractivity contribution < 1.29 is 5.11 Å².